The van der Waals surface area contributed by atoms with Gasteiger partial charge in [-0.15, -0.1) is 0 Å². The summed E-state index contributed by atoms with van der Waals surface area (Å²) in [7, 11) is 0. The molecule has 0 aliphatic carbocycles. The van der Waals surface area contributed by atoms with Crippen LogP contribution in [0.15, 0.2) is 47.6 Å². The fraction of sp³-hybridized carbons (Fsp3) is 0.133. The van der Waals surface area contributed by atoms with Gasteiger partial charge in [0.15, 0.2) is 5.84 Å². The summed E-state index contributed by atoms with van der Waals surface area (Å²) < 4.78 is 13.3. The second-order valence-electron chi connectivity index (χ2n) is 4.48. The van der Waals surface area contributed by atoms with Gasteiger partial charge in [0.2, 0.25) is 0 Å². The van der Waals surface area contributed by atoms with Crippen molar-refractivity contribution in [3.8, 4) is 0 Å². The summed E-state index contributed by atoms with van der Waals surface area (Å²) in [5, 5.41) is 15.5. The van der Waals surface area contributed by atoms with E-state index in [9.17, 15) is 4.39 Å². The first-order valence-corrected chi connectivity index (χ1v) is 6.70. The van der Waals surface area contributed by atoms with E-state index >= 15 is 0 Å². The normalized spacial score (nSPS) is 11.6. The van der Waals surface area contributed by atoms with Crippen LogP contribution >= 0.6 is 11.6 Å². The van der Waals surface area contributed by atoms with Crippen molar-refractivity contribution in [3.05, 3.63) is 70.0 Å². The van der Waals surface area contributed by atoms with Crippen LogP contribution in [0, 0.1) is 5.82 Å². The number of amidine groups is 1. The van der Waals surface area contributed by atoms with Crippen molar-refractivity contribution in [1.29, 1.82) is 0 Å². The summed E-state index contributed by atoms with van der Waals surface area (Å²) >= 11 is 6.07. The lowest BCUT2D eigenvalue weighted by Crippen LogP contribution is -2.20. The lowest BCUT2D eigenvalue weighted by atomic mass is 10.1. The highest BCUT2D eigenvalue weighted by Gasteiger charge is 2.08. The lowest BCUT2D eigenvalue weighted by molar-refractivity contribution is 0.318. The Kier molecular flexibility index (Phi) is 5.14. The molecule has 0 unspecified atom stereocenters. The smallest absolute Gasteiger partial charge is 0.170 e. The molecule has 2 rings (SSSR count). The van der Waals surface area contributed by atoms with Crippen LogP contribution in [-0.4, -0.2) is 11.0 Å². The highest BCUT2D eigenvalue weighted by molar-refractivity contribution is 6.31. The van der Waals surface area contributed by atoms with E-state index < -0.39 is 5.82 Å². The first-order chi connectivity index (χ1) is 10.1. The molecule has 2 aromatic carbocycles. The third kappa shape index (κ3) is 3.93. The quantitative estimate of drug-likeness (QED) is 0.344. The van der Waals surface area contributed by atoms with E-state index in [1.807, 2.05) is 24.3 Å². The van der Waals surface area contributed by atoms with Gasteiger partial charge in [-0.1, -0.05) is 41.0 Å². The lowest BCUT2D eigenvalue weighted by Gasteiger charge is -2.10. The third-order valence-electron chi connectivity index (χ3n) is 3.04. The molecule has 0 saturated heterocycles. The van der Waals surface area contributed by atoms with Gasteiger partial charge in [0, 0.05) is 23.7 Å². The fourth-order valence-electron chi connectivity index (χ4n) is 1.97. The minimum Gasteiger partial charge on any atom is -0.409 e. The Morgan fingerprint density at radius 2 is 1.90 bits per heavy atom. The first kappa shape index (κ1) is 15.3. The van der Waals surface area contributed by atoms with Crippen LogP contribution in [0.1, 0.15) is 16.7 Å². The molecule has 0 amide bonds. The summed E-state index contributed by atoms with van der Waals surface area (Å²) in [5.74, 6) is -0.560. The number of nitrogens with two attached hydrogens (primary N) is 1. The van der Waals surface area contributed by atoms with Gasteiger partial charge < -0.3 is 16.3 Å². The molecule has 0 saturated carbocycles. The van der Waals surface area contributed by atoms with E-state index in [1.54, 1.807) is 6.07 Å². The van der Waals surface area contributed by atoms with Gasteiger partial charge in [0.25, 0.3) is 0 Å². The van der Waals surface area contributed by atoms with E-state index in [2.05, 4.69) is 10.5 Å². The van der Waals surface area contributed by atoms with Gasteiger partial charge in [0.05, 0.1) is 0 Å². The molecule has 6 heteroatoms. The van der Waals surface area contributed by atoms with Gasteiger partial charge in [-0.3, -0.25) is 0 Å². The SMILES string of the molecule is NC(=NO)c1cc(F)ccc1CNCc1ccccc1Cl. The highest BCUT2D eigenvalue weighted by Crippen LogP contribution is 2.15. The molecule has 0 heterocycles. The zero-order chi connectivity index (χ0) is 15.2. The second kappa shape index (κ2) is 7.06. The minimum atomic E-state index is -0.438. The molecule has 21 heavy (non-hydrogen) atoms. The van der Waals surface area contributed by atoms with E-state index in [-0.39, 0.29) is 5.84 Å². The van der Waals surface area contributed by atoms with Crippen molar-refractivity contribution in [2.24, 2.45) is 10.9 Å². The van der Waals surface area contributed by atoms with E-state index in [0.717, 1.165) is 11.1 Å². The predicted octanol–water partition coefficient (Wildman–Crippen LogP) is 2.86. The van der Waals surface area contributed by atoms with Crippen LogP contribution in [0.4, 0.5) is 4.39 Å². The Bertz CT molecular complexity index is 661. The molecule has 2 aromatic rings. The molecule has 0 aliphatic rings. The average molecular weight is 308 g/mol. The van der Waals surface area contributed by atoms with Crippen LogP contribution in [0.25, 0.3) is 0 Å². The number of hydrogen-bond acceptors (Lipinski definition) is 3. The molecule has 0 bridgehead atoms. The number of rotatable bonds is 5. The van der Waals surface area contributed by atoms with E-state index in [1.165, 1.54) is 12.1 Å². The predicted molar refractivity (Wildman–Crippen MR) is 80.9 cm³/mol. The van der Waals surface area contributed by atoms with Gasteiger partial charge in [0.1, 0.15) is 5.82 Å². The third-order valence-corrected chi connectivity index (χ3v) is 3.41. The van der Waals surface area contributed by atoms with Gasteiger partial charge in [-0.25, -0.2) is 4.39 Å². The van der Waals surface area contributed by atoms with Crippen LogP contribution in [0.2, 0.25) is 5.02 Å². The van der Waals surface area contributed by atoms with Crippen molar-refractivity contribution in [3.63, 3.8) is 0 Å². The van der Waals surface area contributed by atoms with Gasteiger partial charge in [-0.2, -0.15) is 0 Å². The Hall–Kier alpha value is -2.11. The molecule has 110 valence electrons. The molecular formula is C15H15ClFN3O. The van der Waals surface area contributed by atoms with Crippen molar-refractivity contribution < 1.29 is 9.60 Å². The van der Waals surface area contributed by atoms with Crippen LogP contribution in [0.5, 0.6) is 0 Å². The standard InChI is InChI=1S/C15H15ClFN3O/c16-14-4-2-1-3-11(14)9-19-8-10-5-6-12(17)7-13(10)15(18)20-21/h1-7,19,21H,8-9H2,(H2,18,20). The molecule has 0 fully saturated rings. The number of benzene rings is 2. The Morgan fingerprint density at radius 3 is 2.62 bits per heavy atom. The summed E-state index contributed by atoms with van der Waals surface area (Å²) in [6, 6.07) is 11.7. The van der Waals surface area contributed by atoms with Crippen LogP contribution < -0.4 is 11.1 Å². The molecule has 0 aliphatic heterocycles. The molecule has 4 N–H and O–H groups in total. The maximum absolute atomic E-state index is 13.3. The molecule has 0 spiro atoms. The minimum absolute atomic E-state index is 0.121. The van der Waals surface area contributed by atoms with Gasteiger partial charge in [-0.05, 0) is 29.3 Å². The number of nitrogens with zero attached hydrogens (tertiary/aromatic N) is 1. The zero-order valence-electron chi connectivity index (χ0n) is 11.2. The van der Waals surface area contributed by atoms with Crippen LogP contribution in [0.3, 0.4) is 0 Å². The summed E-state index contributed by atoms with van der Waals surface area (Å²) in [6.07, 6.45) is 0. The largest absolute Gasteiger partial charge is 0.409 e. The summed E-state index contributed by atoms with van der Waals surface area (Å²) in [5.41, 5.74) is 7.62. The zero-order valence-corrected chi connectivity index (χ0v) is 11.9. The van der Waals surface area contributed by atoms with Crippen molar-refractivity contribution in [2.75, 3.05) is 0 Å². The summed E-state index contributed by atoms with van der Waals surface area (Å²) in [4.78, 5) is 0. The number of halogens is 2. The van der Waals surface area contributed by atoms with Crippen molar-refractivity contribution >= 4 is 17.4 Å². The van der Waals surface area contributed by atoms with E-state index in [4.69, 9.17) is 22.5 Å². The molecule has 0 atom stereocenters. The molecule has 4 nitrogen and oxygen atoms in total. The maximum atomic E-state index is 13.3. The average Bonchev–Trinajstić information content (AvgIpc) is 2.49. The van der Waals surface area contributed by atoms with Gasteiger partial charge >= 0.3 is 0 Å². The van der Waals surface area contributed by atoms with E-state index in [0.29, 0.717) is 23.7 Å². The Balaban J connectivity index is 2.08. The fourth-order valence-corrected chi connectivity index (χ4v) is 2.17. The van der Waals surface area contributed by atoms with Crippen molar-refractivity contribution in [2.45, 2.75) is 13.1 Å². The number of oxime groups is 1. The molecule has 0 radical (unpaired) electrons. The second-order valence-corrected chi connectivity index (χ2v) is 4.89. The van der Waals surface area contributed by atoms with Crippen LogP contribution in [-0.2, 0) is 13.1 Å². The Morgan fingerprint density at radius 1 is 1.19 bits per heavy atom. The number of hydrogen-bond donors (Lipinski definition) is 3. The number of nitrogens with one attached hydrogen (secondary N) is 1. The molecular weight excluding hydrogens is 293 g/mol. The molecule has 0 aromatic heterocycles. The highest BCUT2D eigenvalue weighted by atomic mass is 35.5. The van der Waals surface area contributed by atoms with Crippen molar-refractivity contribution in [1.82, 2.24) is 5.32 Å². The first-order valence-electron chi connectivity index (χ1n) is 6.32. The Labute approximate surface area is 127 Å². The summed E-state index contributed by atoms with van der Waals surface area (Å²) in [6.45, 7) is 1.00. The monoisotopic (exact) mass is 307 g/mol. The maximum Gasteiger partial charge on any atom is 0.170 e. The topological polar surface area (TPSA) is 70.6 Å².